The zero-order valence-corrected chi connectivity index (χ0v) is 12.1. The maximum absolute atomic E-state index is 12.9. The van der Waals surface area contributed by atoms with Gasteiger partial charge < -0.3 is 4.57 Å². The Morgan fingerprint density at radius 2 is 1.84 bits per heavy atom. The molecule has 1 nitrogen and oxygen atoms in total. The smallest absolute Gasteiger partial charge is 0.123 e. The van der Waals surface area contributed by atoms with Gasteiger partial charge in [-0.05, 0) is 48.4 Å². The number of aromatic nitrogens is 1. The lowest BCUT2D eigenvalue weighted by atomic mass is 10.2. The van der Waals surface area contributed by atoms with E-state index in [0.29, 0.717) is 0 Å². The average molecular weight is 318 g/mol. The number of halogens is 2. The van der Waals surface area contributed by atoms with E-state index in [1.165, 1.54) is 28.6 Å². The van der Waals surface area contributed by atoms with Crippen molar-refractivity contribution in [3.05, 3.63) is 70.1 Å². The van der Waals surface area contributed by atoms with Crippen LogP contribution in [-0.2, 0) is 6.54 Å². The van der Waals surface area contributed by atoms with E-state index in [0.717, 1.165) is 16.6 Å². The van der Waals surface area contributed by atoms with Gasteiger partial charge in [-0.15, -0.1) is 0 Å². The lowest BCUT2D eigenvalue weighted by Crippen LogP contribution is -1.98. The molecular weight excluding hydrogens is 305 g/mol. The Labute approximate surface area is 119 Å². The van der Waals surface area contributed by atoms with Crippen molar-refractivity contribution in [2.45, 2.75) is 13.5 Å². The number of nitrogens with zero attached hydrogens (tertiary/aromatic N) is 1. The summed E-state index contributed by atoms with van der Waals surface area (Å²) in [6, 6.07) is 13.1. The maximum atomic E-state index is 12.9. The van der Waals surface area contributed by atoms with Gasteiger partial charge >= 0.3 is 0 Å². The molecule has 0 unspecified atom stereocenters. The first-order valence-electron chi connectivity index (χ1n) is 6.13. The van der Waals surface area contributed by atoms with Crippen molar-refractivity contribution < 1.29 is 4.39 Å². The average Bonchev–Trinajstić information content (AvgIpc) is 2.76. The molecule has 0 saturated carbocycles. The van der Waals surface area contributed by atoms with Gasteiger partial charge in [0.05, 0.1) is 0 Å². The molecule has 0 aliphatic heterocycles. The molecule has 2 aromatic carbocycles. The van der Waals surface area contributed by atoms with Crippen LogP contribution in [0.3, 0.4) is 0 Å². The van der Waals surface area contributed by atoms with Crippen molar-refractivity contribution in [3.63, 3.8) is 0 Å². The van der Waals surface area contributed by atoms with E-state index < -0.39 is 0 Å². The number of hydrogen-bond acceptors (Lipinski definition) is 0. The number of rotatable bonds is 2. The number of benzene rings is 2. The summed E-state index contributed by atoms with van der Waals surface area (Å²) in [5.41, 5.74) is 3.51. The van der Waals surface area contributed by atoms with Gasteiger partial charge in [-0.2, -0.15) is 0 Å². The van der Waals surface area contributed by atoms with E-state index in [1.54, 1.807) is 0 Å². The zero-order valence-electron chi connectivity index (χ0n) is 10.5. The third-order valence-electron chi connectivity index (χ3n) is 3.32. The lowest BCUT2D eigenvalue weighted by Gasteiger charge is -2.07. The first-order chi connectivity index (χ1) is 9.13. The Morgan fingerprint density at radius 1 is 1.11 bits per heavy atom. The highest BCUT2D eigenvalue weighted by atomic mass is 79.9. The second-order valence-corrected chi connectivity index (χ2v) is 5.58. The Morgan fingerprint density at radius 3 is 2.58 bits per heavy atom. The summed E-state index contributed by atoms with van der Waals surface area (Å²) in [6.07, 6.45) is 2.07. The molecule has 3 aromatic rings. The summed E-state index contributed by atoms with van der Waals surface area (Å²) >= 11 is 3.55. The van der Waals surface area contributed by atoms with Crippen LogP contribution in [0.5, 0.6) is 0 Å². The molecule has 0 bridgehead atoms. The second-order valence-electron chi connectivity index (χ2n) is 4.73. The molecule has 1 heterocycles. The van der Waals surface area contributed by atoms with Gasteiger partial charge in [-0.25, -0.2) is 4.39 Å². The van der Waals surface area contributed by atoms with Crippen LogP contribution in [0.4, 0.5) is 4.39 Å². The van der Waals surface area contributed by atoms with Crippen LogP contribution in [0.2, 0.25) is 0 Å². The van der Waals surface area contributed by atoms with E-state index in [4.69, 9.17) is 0 Å². The SMILES string of the molecule is Cc1cc2c(ccn2Cc2ccc(F)cc2)cc1Br. The van der Waals surface area contributed by atoms with Crippen LogP contribution in [0.25, 0.3) is 10.9 Å². The minimum atomic E-state index is -0.194. The van der Waals surface area contributed by atoms with Crippen molar-refractivity contribution in [1.29, 1.82) is 0 Å². The highest BCUT2D eigenvalue weighted by molar-refractivity contribution is 9.10. The summed E-state index contributed by atoms with van der Waals surface area (Å²) < 4.78 is 16.2. The molecule has 0 saturated heterocycles. The summed E-state index contributed by atoms with van der Waals surface area (Å²) in [7, 11) is 0. The molecule has 0 fully saturated rings. The third kappa shape index (κ3) is 2.43. The molecule has 19 heavy (non-hydrogen) atoms. The van der Waals surface area contributed by atoms with E-state index in [1.807, 2.05) is 12.1 Å². The van der Waals surface area contributed by atoms with Gasteiger partial charge in [0, 0.05) is 28.1 Å². The molecule has 3 heteroatoms. The number of fused-ring (bicyclic) bond motifs is 1. The minimum Gasteiger partial charge on any atom is -0.343 e. The lowest BCUT2D eigenvalue weighted by molar-refractivity contribution is 0.626. The first-order valence-corrected chi connectivity index (χ1v) is 6.92. The van der Waals surface area contributed by atoms with E-state index in [-0.39, 0.29) is 5.82 Å². The van der Waals surface area contributed by atoms with Crippen LogP contribution < -0.4 is 0 Å². The standard InChI is InChI=1S/C16H13BrFN/c1-11-8-16-13(9-15(11)17)6-7-19(16)10-12-2-4-14(18)5-3-12/h2-9H,10H2,1H3. The number of hydrogen-bond donors (Lipinski definition) is 0. The normalized spacial score (nSPS) is 11.1. The molecule has 0 amide bonds. The quantitative estimate of drug-likeness (QED) is 0.633. The van der Waals surface area contributed by atoms with Crippen molar-refractivity contribution >= 4 is 26.8 Å². The number of aryl methyl sites for hydroxylation is 1. The van der Waals surface area contributed by atoms with Crippen LogP contribution in [0.1, 0.15) is 11.1 Å². The van der Waals surface area contributed by atoms with E-state index in [2.05, 4.69) is 51.8 Å². The molecule has 0 N–H and O–H groups in total. The fourth-order valence-electron chi connectivity index (χ4n) is 2.24. The Kier molecular flexibility index (Phi) is 3.15. The van der Waals surface area contributed by atoms with Crippen molar-refractivity contribution in [1.82, 2.24) is 4.57 Å². The fraction of sp³-hybridized carbons (Fsp3) is 0.125. The Bertz CT molecular complexity index is 728. The van der Waals surface area contributed by atoms with Crippen LogP contribution in [-0.4, -0.2) is 4.57 Å². The molecule has 0 spiro atoms. The van der Waals surface area contributed by atoms with Crippen LogP contribution in [0, 0.1) is 12.7 Å². The zero-order chi connectivity index (χ0) is 13.4. The van der Waals surface area contributed by atoms with Gasteiger partial charge in [0.2, 0.25) is 0 Å². The maximum Gasteiger partial charge on any atom is 0.123 e. The molecule has 0 radical (unpaired) electrons. The third-order valence-corrected chi connectivity index (χ3v) is 4.17. The molecule has 3 rings (SSSR count). The monoisotopic (exact) mass is 317 g/mol. The van der Waals surface area contributed by atoms with Crippen molar-refractivity contribution in [2.75, 3.05) is 0 Å². The van der Waals surface area contributed by atoms with Gasteiger partial charge in [-0.1, -0.05) is 28.1 Å². The van der Waals surface area contributed by atoms with Crippen molar-refractivity contribution in [2.24, 2.45) is 0 Å². The summed E-state index contributed by atoms with van der Waals surface area (Å²) in [4.78, 5) is 0. The van der Waals surface area contributed by atoms with E-state index >= 15 is 0 Å². The molecular formula is C16H13BrFN. The van der Waals surface area contributed by atoms with Crippen molar-refractivity contribution in [3.8, 4) is 0 Å². The van der Waals surface area contributed by atoms with E-state index in [9.17, 15) is 4.39 Å². The van der Waals surface area contributed by atoms with Crippen LogP contribution in [0.15, 0.2) is 53.1 Å². The topological polar surface area (TPSA) is 4.93 Å². The summed E-state index contributed by atoms with van der Waals surface area (Å²) in [5, 5.41) is 1.21. The molecule has 0 aliphatic carbocycles. The molecule has 0 aliphatic rings. The fourth-order valence-corrected chi connectivity index (χ4v) is 2.60. The molecule has 0 atom stereocenters. The largest absolute Gasteiger partial charge is 0.343 e. The van der Waals surface area contributed by atoms with Gasteiger partial charge in [0.25, 0.3) is 0 Å². The summed E-state index contributed by atoms with van der Waals surface area (Å²) in [6.45, 7) is 2.84. The predicted octanol–water partition coefficient (Wildman–Crippen LogP) is 4.90. The minimum absolute atomic E-state index is 0.194. The van der Waals surface area contributed by atoms with Crippen LogP contribution >= 0.6 is 15.9 Å². The molecule has 96 valence electrons. The predicted molar refractivity (Wildman–Crippen MR) is 79.9 cm³/mol. The first kappa shape index (κ1) is 12.4. The highest BCUT2D eigenvalue weighted by Crippen LogP contribution is 2.25. The summed E-state index contributed by atoms with van der Waals surface area (Å²) in [5.74, 6) is -0.194. The Hall–Kier alpha value is -1.61. The molecule has 1 aromatic heterocycles. The second kappa shape index (κ2) is 4.82. The van der Waals surface area contributed by atoms with Gasteiger partial charge in [-0.3, -0.25) is 0 Å². The highest BCUT2D eigenvalue weighted by Gasteiger charge is 2.05. The Balaban J connectivity index is 2.01. The van der Waals surface area contributed by atoms with Gasteiger partial charge in [0.1, 0.15) is 5.82 Å². The van der Waals surface area contributed by atoms with Gasteiger partial charge in [0.15, 0.2) is 0 Å².